The van der Waals surface area contributed by atoms with Gasteiger partial charge in [0.25, 0.3) is 5.69 Å². The van der Waals surface area contributed by atoms with Gasteiger partial charge in [-0.3, -0.25) is 10.1 Å². The number of allylic oxidation sites excluding steroid dienone is 2. The molecule has 0 aliphatic carbocycles. The lowest BCUT2D eigenvalue weighted by atomic mass is 10.3. The van der Waals surface area contributed by atoms with Gasteiger partial charge in [-0.2, -0.15) is 0 Å². The van der Waals surface area contributed by atoms with Crippen LogP contribution in [0.25, 0.3) is 0 Å². The van der Waals surface area contributed by atoms with Gasteiger partial charge < -0.3 is 14.2 Å². The Morgan fingerprint density at radius 2 is 2.00 bits per heavy atom. The van der Waals surface area contributed by atoms with E-state index in [-0.39, 0.29) is 18.0 Å². The Kier molecular flexibility index (Phi) is 3.77. The maximum Gasteiger partial charge on any atom is 0.519 e. The van der Waals surface area contributed by atoms with Crippen LogP contribution in [-0.4, -0.2) is 17.7 Å². The Morgan fingerprint density at radius 1 is 1.26 bits per heavy atom. The smallest absolute Gasteiger partial charge is 0.493 e. The van der Waals surface area contributed by atoms with E-state index in [0.717, 1.165) is 0 Å². The van der Waals surface area contributed by atoms with Crippen molar-refractivity contribution >= 4 is 11.8 Å². The molecule has 0 atom stereocenters. The first-order valence-electron chi connectivity index (χ1n) is 5.26. The van der Waals surface area contributed by atoms with Crippen LogP contribution in [0.15, 0.2) is 48.4 Å². The van der Waals surface area contributed by atoms with Crippen LogP contribution in [0.1, 0.15) is 0 Å². The summed E-state index contributed by atoms with van der Waals surface area (Å²) in [5, 5.41) is 10.4. The summed E-state index contributed by atoms with van der Waals surface area (Å²) < 4.78 is 14.6. The largest absolute Gasteiger partial charge is 0.519 e. The summed E-state index contributed by atoms with van der Waals surface area (Å²) in [6, 6.07) is 5.08. The molecular weight excluding hydrogens is 254 g/mol. The fourth-order valence-electron chi connectivity index (χ4n) is 1.30. The zero-order valence-corrected chi connectivity index (χ0v) is 9.65. The van der Waals surface area contributed by atoms with Crippen LogP contribution >= 0.6 is 0 Å². The van der Waals surface area contributed by atoms with Crippen molar-refractivity contribution in [2.24, 2.45) is 0 Å². The van der Waals surface area contributed by atoms with Crippen LogP contribution in [0.2, 0.25) is 0 Å². The first kappa shape index (κ1) is 12.6. The molecule has 0 aromatic heterocycles. The number of nitro groups is 1. The zero-order valence-electron chi connectivity index (χ0n) is 9.65. The average molecular weight is 263 g/mol. The number of nitro benzene ring substituents is 1. The third-order valence-corrected chi connectivity index (χ3v) is 2.15. The van der Waals surface area contributed by atoms with Crippen LogP contribution in [0.4, 0.5) is 10.5 Å². The second kappa shape index (κ2) is 5.67. The summed E-state index contributed by atoms with van der Waals surface area (Å²) in [5.74, 6) is 0.470. The van der Waals surface area contributed by atoms with Crippen LogP contribution in [-0.2, 0) is 9.47 Å². The molecule has 1 aromatic rings. The number of ether oxygens (including phenoxy) is 3. The van der Waals surface area contributed by atoms with Crippen molar-refractivity contribution in [2.75, 3.05) is 6.61 Å². The van der Waals surface area contributed by atoms with Crippen molar-refractivity contribution in [3.8, 4) is 5.75 Å². The number of non-ortho nitro benzene ring substituents is 1. The number of hydrogen-bond acceptors (Lipinski definition) is 6. The van der Waals surface area contributed by atoms with E-state index in [2.05, 4.69) is 0 Å². The van der Waals surface area contributed by atoms with Gasteiger partial charge in [-0.25, -0.2) is 4.79 Å². The Hall–Kier alpha value is -2.83. The minimum absolute atomic E-state index is 0.0887. The van der Waals surface area contributed by atoms with Crippen molar-refractivity contribution in [3.05, 3.63) is 58.6 Å². The van der Waals surface area contributed by atoms with Gasteiger partial charge in [0.1, 0.15) is 18.1 Å². The summed E-state index contributed by atoms with van der Waals surface area (Å²) in [7, 11) is 0. The molecule has 19 heavy (non-hydrogen) atoms. The molecule has 0 fully saturated rings. The molecule has 2 rings (SSSR count). The van der Waals surface area contributed by atoms with Crippen LogP contribution in [0.5, 0.6) is 5.75 Å². The fourth-order valence-corrected chi connectivity index (χ4v) is 1.30. The summed E-state index contributed by atoms with van der Waals surface area (Å²) >= 11 is 0. The molecule has 0 amide bonds. The van der Waals surface area contributed by atoms with E-state index >= 15 is 0 Å². The highest BCUT2D eigenvalue weighted by Gasteiger charge is 2.12. The van der Waals surface area contributed by atoms with Gasteiger partial charge in [0.15, 0.2) is 0 Å². The van der Waals surface area contributed by atoms with Crippen LogP contribution in [0, 0.1) is 10.1 Å². The third kappa shape index (κ3) is 3.56. The first-order chi connectivity index (χ1) is 9.15. The summed E-state index contributed by atoms with van der Waals surface area (Å²) in [6.45, 7) is 0.145. The Bertz CT molecular complexity index is 546. The lowest BCUT2D eigenvalue weighted by Gasteiger charge is -2.10. The molecule has 0 bridgehead atoms. The van der Waals surface area contributed by atoms with Crippen molar-refractivity contribution in [3.63, 3.8) is 0 Å². The second-order valence-electron chi connectivity index (χ2n) is 3.48. The van der Waals surface area contributed by atoms with Crippen molar-refractivity contribution in [1.29, 1.82) is 0 Å². The standard InChI is InChI=1S/C12H9NO6/c14-12(19-11-2-1-7-17-8-11)18-10-5-3-9(4-6-10)13(15)16/h1-7H,8H2. The number of hydrogen-bond donors (Lipinski definition) is 0. The SMILES string of the molecule is O=C(OC1=CC=COC1)Oc1ccc([N+](=O)[O-])cc1. The van der Waals surface area contributed by atoms with Crippen LogP contribution < -0.4 is 4.74 Å². The molecule has 1 aliphatic heterocycles. The predicted molar refractivity (Wildman–Crippen MR) is 63.4 cm³/mol. The maximum atomic E-state index is 11.4. The quantitative estimate of drug-likeness (QED) is 0.360. The Balaban J connectivity index is 1.93. The van der Waals surface area contributed by atoms with E-state index in [4.69, 9.17) is 14.2 Å². The Labute approximate surface area is 107 Å². The van der Waals surface area contributed by atoms with Crippen molar-refractivity contribution in [2.45, 2.75) is 0 Å². The van der Waals surface area contributed by atoms with Gasteiger partial charge >= 0.3 is 6.16 Å². The Morgan fingerprint density at radius 3 is 2.58 bits per heavy atom. The maximum absolute atomic E-state index is 11.4. The van der Waals surface area contributed by atoms with Gasteiger partial charge in [0, 0.05) is 12.1 Å². The molecule has 1 aliphatic rings. The minimum atomic E-state index is -0.931. The van der Waals surface area contributed by atoms with E-state index < -0.39 is 11.1 Å². The highest BCUT2D eigenvalue weighted by Crippen LogP contribution is 2.18. The average Bonchev–Trinajstić information content (AvgIpc) is 2.40. The molecule has 0 saturated carbocycles. The summed E-state index contributed by atoms with van der Waals surface area (Å²) in [4.78, 5) is 21.3. The van der Waals surface area contributed by atoms with Gasteiger partial charge in [-0.15, -0.1) is 0 Å². The van der Waals surface area contributed by atoms with E-state index in [0.29, 0.717) is 5.76 Å². The summed E-state index contributed by atoms with van der Waals surface area (Å²) in [5.41, 5.74) is -0.0887. The zero-order chi connectivity index (χ0) is 13.7. The summed E-state index contributed by atoms with van der Waals surface area (Å²) in [6.07, 6.45) is 3.69. The second-order valence-corrected chi connectivity index (χ2v) is 3.48. The molecule has 0 N–H and O–H groups in total. The topological polar surface area (TPSA) is 87.9 Å². The highest BCUT2D eigenvalue weighted by molar-refractivity contribution is 5.65. The van der Waals surface area contributed by atoms with Gasteiger partial charge in [0.05, 0.1) is 11.2 Å². The first-order valence-corrected chi connectivity index (χ1v) is 5.26. The highest BCUT2D eigenvalue weighted by atomic mass is 16.7. The molecular formula is C12H9NO6. The number of carbonyl (C=O) groups excluding carboxylic acids is 1. The predicted octanol–water partition coefficient (Wildman–Crippen LogP) is 2.54. The third-order valence-electron chi connectivity index (χ3n) is 2.15. The van der Waals surface area contributed by atoms with Gasteiger partial charge in [-0.1, -0.05) is 0 Å². The molecule has 7 heteroatoms. The fraction of sp³-hybridized carbons (Fsp3) is 0.0833. The van der Waals surface area contributed by atoms with Gasteiger partial charge in [0.2, 0.25) is 0 Å². The molecule has 0 spiro atoms. The number of nitrogens with zero attached hydrogens (tertiary/aromatic N) is 1. The van der Waals surface area contributed by atoms with Crippen molar-refractivity contribution in [1.82, 2.24) is 0 Å². The molecule has 1 heterocycles. The lowest BCUT2D eigenvalue weighted by Crippen LogP contribution is -2.13. The van der Waals surface area contributed by atoms with Crippen molar-refractivity contribution < 1.29 is 23.9 Å². The van der Waals surface area contributed by atoms with Gasteiger partial charge in [-0.05, 0) is 24.3 Å². The number of carbonyl (C=O) groups is 1. The normalized spacial score (nSPS) is 13.2. The lowest BCUT2D eigenvalue weighted by molar-refractivity contribution is -0.384. The number of benzene rings is 1. The number of rotatable bonds is 3. The molecule has 0 unspecified atom stereocenters. The van der Waals surface area contributed by atoms with E-state index in [9.17, 15) is 14.9 Å². The molecule has 0 radical (unpaired) electrons. The molecule has 98 valence electrons. The van der Waals surface area contributed by atoms with E-state index in [1.807, 2.05) is 0 Å². The monoisotopic (exact) mass is 263 g/mol. The molecule has 0 saturated heterocycles. The molecule has 1 aromatic carbocycles. The van der Waals surface area contributed by atoms with E-state index in [1.165, 1.54) is 30.5 Å². The van der Waals surface area contributed by atoms with E-state index in [1.54, 1.807) is 12.2 Å². The van der Waals surface area contributed by atoms with Crippen LogP contribution in [0.3, 0.4) is 0 Å². The minimum Gasteiger partial charge on any atom is -0.493 e. The molecule has 7 nitrogen and oxygen atoms in total.